The number of hydrogen-bond acceptors (Lipinski definition) is 5. The van der Waals surface area contributed by atoms with Gasteiger partial charge in [0.25, 0.3) is 0 Å². The predicted molar refractivity (Wildman–Crippen MR) is 71.9 cm³/mol. The van der Waals surface area contributed by atoms with Gasteiger partial charge in [-0.3, -0.25) is 0 Å². The molecule has 20 heavy (non-hydrogen) atoms. The van der Waals surface area contributed by atoms with Crippen LogP contribution in [0.2, 0.25) is 0 Å². The van der Waals surface area contributed by atoms with E-state index >= 15 is 0 Å². The quantitative estimate of drug-likeness (QED) is 0.401. The van der Waals surface area contributed by atoms with Crippen molar-refractivity contribution in [3.63, 3.8) is 0 Å². The van der Waals surface area contributed by atoms with Crippen LogP contribution in [0.1, 0.15) is 33.6 Å². The van der Waals surface area contributed by atoms with Crippen LogP contribution in [0.5, 0.6) is 0 Å². The fourth-order valence-electron chi connectivity index (χ4n) is 4.40. The molecule has 1 aliphatic heterocycles. The summed E-state index contributed by atoms with van der Waals surface area (Å²) < 4.78 is 5.56. The first-order valence-corrected chi connectivity index (χ1v) is 7.22. The number of rotatable bonds is 1. The smallest absolute Gasteiger partial charge is 0.126 e. The molecule has 2 aliphatic carbocycles. The second kappa shape index (κ2) is 4.05. The van der Waals surface area contributed by atoms with Crippen LogP contribution in [0.3, 0.4) is 0 Å². The largest absolute Gasteiger partial charge is 0.390 e. The second-order valence-electron chi connectivity index (χ2n) is 7.22. The molecule has 1 spiro atoms. The van der Waals surface area contributed by atoms with Crippen LogP contribution in [-0.2, 0) is 4.74 Å². The first-order valence-electron chi connectivity index (χ1n) is 7.22. The van der Waals surface area contributed by atoms with E-state index in [1.165, 1.54) is 0 Å². The zero-order chi connectivity index (χ0) is 14.9. The van der Waals surface area contributed by atoms with Crippen molar-refractivity contribution in [3.05, 3.63) is 11.6 Å². The van der Waals surface area contributed by atoms with Crippen LogP contribution in [0.15, 0.2) is 11.6 Å². The molecule has 114 valence electrons. The molecule has 0 bridgehead atoms. The maximum absolute atomic E-state index is 10.6. The Morgan fingerprint density at radius 1 is 1.15 bits per heavy atom. The van der Waals surface area contributed by atoms with E-state index in [1.807, 2.05) is 13.8 Å². The minimum atomic E-state index is -0.930. The third-order valence-corrected chi connectivity index (χ3v) is 6.33. The molecule has 0 radical (unpaired) electrons. The zero-order valence-corrected chi connectivity index (χ0v) is 12.2. The van der Waals surface area contributed by atoms with Gasteiger partial charge in [0.05, 0.1) is 24.9 Å². The van der Waals surface area contributed by atoms with Crippen molar-refractivity contribution in [1.82, 2.24) is 0 Å². The van der Waals surface area contributed by atoms with Gasteiger partial charge in [0.15, 0.2) is 0 Å². The van der Waals surface area contributed by atoms with Crippen molar-refractivity contribution in [2.45, 2.75) is 63.6 Å². The van der Waals surface area contributed by atoms with E-state index < -0.39 is 40.8 Å². The summed E-state index contributed by atoms with van der Waals surface area (Å²) in [5, 5.41) is 41.1. The minimum absolute atomic E-state index is 0.362. The Kier molecular flexibility index (Phi) is 2.93. The molecular weight excluding hydrogens is 260 g/mol. The molecule has 4 N–H and O–H groups in total. The first kappa shape index (κ1) is 14.5. The van der Waals surface area contributed by atoms with Gasteiger partial charge in [0, 0.05) is 10.8 Å². The van der Waals surface area contributed by atoms with Gasteiger partial charge in [0.1, 0.15) is 11.7 Å². The van der Waals surface area contributed by atoms with Gasteiger partial charge in [0.2, 0.25) is 0 Å². The van der Waals surface area contributed by atoms with Gasteiger partial charge < -0.3 is 25.2 Å². The van der Waals surface area contributed by atoms with Gasteiger partial charge in [-0.05, 0) is 25.3 Å². The third-order valence-electron chi connectivity index (χ3n) is 6.33. The van der Waals surface area contributed by atoms with E-state index in [-0.39, 0.29) is 0 Å². The molecule has 1 heterocycles. The highest BCUT2D eigenvalue weighted by molar-refractivity contribution is 5.28. The summed E-state index contributed by atoms with van der Waals surface area (Å²) in [4.78, 5) is 0. The summed E-state index contributed by atoms with van der Waals surface area (Å²) in [6.07, 6.45) is -0.664. The average molecular weight is 284 g/mol. The van der Waals surface area contributed by atoms with Crippen LogP contribution >= 0.6 is 0 Å². The summed E-state index contributed by atoms with van der Waals surface area (Å²) in [7, 11) is 0. The van der Waals surface area contributed by atoms with Crippen LogP contribution in [0.4, 0.5) is 0 Å². The molecule has 1 saturated heterocycles. The van der Waals surface area contributed by atoms with E-state index in [2.05, 4.69) is 0 Å². The number of epoxide rings is 1. The van der Waals surface area contributed by atoms with Crippen molar-refractivity contribution >= 4 is 0 Å². The van der Waals surface area contributed by atoms with Crippen molar-refractivity contribution in [2.24, 2.45) is 10.8 Å². The summed E-state index contributed by atoms with van der Waals surface area (Å²) in [6.45, 7) is 6.06. The summed E-state index contributed by atoms with van der Waals surface area (Å²) >= 11 is 0. The SMILES string of the molecule is CC1=C[C@H](O)[C@@](C)([C@@]2(C)C[C@@H](O)[C@@H](O)C23CO3)C[C@@H]1O. The maximum atomic E-state index is 10.6. The Morgan fingerprint density at radius 3 is 2.30 bits per heavy atom. The van der Waals surface area contributed by atoms with Crippen molar-refractivity contribution < 1.29 is 25.2 Å². The van der Waals surface area contributed by atoms with E-state index in [1.54, 1.807) is 13.0 Å². The Balaban J connectivity index is 2.04. The van der Waals surface area contributed by atoms with Gasteiger partial charge in [-0.2, -0.15) is 0 Å². The van der Waals surface area contributed by atoms with E-state index in [0.717, 1.165) is 5.57 Å². The fraction of sp³-hybridized carbons (Fsp3) is 0.867. The molecule has 0 amide bonds. The van der Waals surface area contributed by atoms with Crippen molar-refractivity contribution in [2.75, 3.05) is 6.61 Å². The lowest BCUT2D eigenvalue weighted by Crippen LogP contribution is -2.56. The standard InChI is InChI=1S/C15H24O5/c1-8-4-11(18)13(2,5-9(8)16)14(3)6-10(17)12(19)15(14)7-20-15/h4,9-12,16-19H,5-7H2,1-3H3/t9-,10+,11-,12+,13-,14+,15?/m0/s1. The van der Waals surface area contributed by atoms with Crippen molar-refractivity contribution in [3.8, 4) is 0 Å². The topological polar surface area (TPSA) is 93.5 Å². The highest BCUT2D eigenvalue weighted by Crippen LogP contribution is 2.66. The van der Waals surface area contributed by atoms with Gasteiger partial charge in [-0.25, -0.2) is 0 Å². The normalized spacial score (nSPS) is 58.9. The van der Waals surface area contributed by atoms with E-state index in [9.17, 15) is 20.4 Å². The Morgan fingerprint density at radius 2 is 1.75 bits per heavy atom. The molecule has 0 aromatic rings. The molecule has 0 aromatic carbocycles. The fourth-order valence-corrected chi connectivity index (χ4v) is 4.40. The number of aliphatic hydroxyl groups is 4. The third kappa shape index (κ3) is 1.50. The van der Waals surface area contributed by atoms with Crippen LogP contribution in [-0.4, -0.2) is 57.0 Å². The molecule has 0 aromatic heterocycles. The average Bonchev–Trinajstić information content (AvgIpc) is 3.13. The zero-order valence-electron chi connectivity index (χ0n) is 12.2. The number of aliphatic hydroxyl groups excluding tert-OH is 4. The van der Waals surface area contributed by atoms with Crippen molar-refractivity contribution in [1.29, 1.82) is 0 Å². The lowest BCUT2D eigenvalue weighted by atomic mass is 9.53. The highest BCUT2D eigenvalue weighted by Gasteiger charge is 2.75. The Labute approximate surface area is 118 Å². The summed E-state index contributed by atoms with van der Waals surface area (Å²) in [6, 6.07) is 0. The second-order valence-corrected chi connectivity index (χ2v) is 7.22. The highest BCUT2D eigenvalue weighted by atomic mass is 16.6. The molecule has 3 rings (SSSR count). The minimum Gasteiger partial charge on any atom is -0.390 e. The maximum Gasteiger partial charge on any atom is 0.126 e. The number of hydrogen-bond donors (Lipinski definition) is 4. The first-order chi connectivity index (χ1) is 9.18. The van der Waals surface area contributed by atoms with Crippen LogP contribution < -0.4 is 0 Å². The Bertz CT molecular complexity index is 457. The molecule has 1 unspecified atom stereocenters. The lowest BCUT2D eigenvalue weighted by Gasteiger charge is -2.52. The molecule has 2 fully saturated rings. The lowest BCUT2D eigenvalue weighted by molar-refractivity contribution is -0.108. The van der Waals surface area contributed by atoms with Gasteiger partial charge in [-0.15, -0.1) is 0 Å². The van der Waals surface area contributed by atoms with E-state index in [4.69, 9.17) is 4.74 Å². The summed E-state index contributed by atoms with van der Waals surface area (Å²) in [5.74, 6) is 0. The Hall–Kier alpha value is -0.460. The van der Waals surface area contributed by atoms with Gasteiger partial charge >= 0.3 is 0 Å². The molecule has 5 heteroatoms. The molecule has 5 nitrogen and oxygen atoms in total. The molecule has 3 aliphatic rings. The monoisotopic (exact) mass is 284 g/mol. The van der Waals surface area contributed by atoms with Crippen LogP contribution in [0, 0.1) is 10.8 Å². The molecule has 7 atom stereocenters. The summed E-state index contributed by atoms with van der Waals surface area (Å²) in [5.41, 5.74) is -1.26. The van der Waals surface area contributed by atoms with Gasteiger partial charge in [-0.1, -0.05) is 19.9 Å². The molecular formula is C15H24O5. The number of ether oxygens (including phenoxy) is 1. The van der Waals surface area contributed by atoms with Crippen LogP contribution in [0.25, 0.3) is 0 Å². The predicted octanol–water partition coefficient (Wildman–Crippen LogP) is -0.0347. The molecule has 1 saturated carbocycles. The van der Waals surface area contributed by atoms with E-state index in [0.29, 0.717) is 19.4 Å².